The molecule has 0 radical (unpaired) electrons. The summed E-state index contributed by atoms with van der Waals surface area (Å²) < 4.78 is 5.15. The molecule has 0 aliphatic heterocycles. The van der Waals surface area contributed by atoms with Crippen molar-refractivity contribution >= 4 is 22.3 Å². The highest BCUT2D eigenvalue weighted by Gasteiger charge is 2.11. The van der Waals surface area contributed by atoms with Gasteiger partial charge < -0.3 is 20.2 Å². The van der Waals surface area contributed by atoms with Gasteiger partial charge in [-0.15, -0.1) is 0 Å². The van der Waals surface area contributed by atoms with E-state index in [0.29, 0.717) is 18.7 Å². The number of aliphatic hydroxyl groups excluding tert-OH is 1. The molecular weight excluding hydrogens is 450 g/mol. The smallest absolute Gasteiger partial charge is 0.103 e. The first-order valence-corrected chi connectivity index (χ1v) is 11.7. The Morgan fingerprint density at radius 2 is 1.78 bits per heavy atom. The lowest BCUT2D eigenvalue weighted by atomic mass is 10.0. The zero-order valence-electron chi connectivity index (χ0n) is 19.6. The molecule has 0 spiro atoms. The van der Waals surface area contributed by atoms with Gasteiger partial charge in [0.15, 0.2) is 0 Å². The molecule has 0 fully saturated rings. The van der Waals surface area contributed by atoms with Gasteiger partial charge in [0.1, 0.15) is 6.07 Å². The predicted molar refractivity (Wildman–Crippen MR) is 140 cm³/mol. The molecule has 0 aliphatic rings. The Balaban J connectivity index is 1.38. The van der Waals surface area contributed by atoms with E-state index in [2.05, 4.69) is 38.8 Å². The maximum absolute atomic E-state index is 9.71. The molecule has 5 aromatic rings. The Bertz CT molecular complexity index is 1490. The molecule has 0 unspecified atom stereocenters. The number of pyridine rings is 2. The van der Waals surface area contributed by atoms with Gasteiger partial charge in [0.2, 0.25) is 0 Å². The van der Waals surface area contributed by atoms with Crippen LogP contribution in [0.15, 0.2) is 90.0 Å². The molecule has 0 saturated carbocycles. The van der Waals surface area contributed by atoms with Crippen LogP contribution in [0.2, 0.25) is 0 Å². The van der Waals surface area contributed by atoms with Gasteiger partial charge in [0.05, 0.1) is 41.6 Å². The minimum atomic E-state index is 0.108. The fraction of sp³-hybridized carbons (Fsp3) is 0.138. The van der Waals surface area contributed by atoms with Crippen molar-refractivity contribution in [2.24, 2.45) is 0 Å². The summed E-state index contributed by atoms with van der Waals surface area (Å²) in [6.45, 7) is 1.31. The first-order valence-electron chi connectivity index (χ1n) is 11.7. The Morgan fingerprint density at radius 3 is 2.50 bits per heavy atom. The summed E-state index contributed by atoms with van der Waals surface area (Å²) in [6.07, 6.45) is 7.67. The number of nitrogens with zero attached hydrogens (tertiary/aromatic N) is 3. The number of rotatable bonds is 9. The van der Waals surface area contributed by atoms with E-state index in [1.165, 1.54) is 5.56 Å². The van der Waals surface area contributed by atoms with E-state index in [-0.39, 0.29) is 6.61 Å². The monoisotopic (exact) mass is 475 g/mol. The number of benzene rings is 2. The van der Waals surface area contributed by atoms with Crippen LogP contribution < -0.4 is 10.6 Å². The van der Waals surface area contributed by atoms with Gasteiger partial charge in [-0.05, 0) is 53.1 Å². The Hall–Kier alpha value is -4.51. The van der Waals surface area contributed by atoms with Crippen molar-refractivity contribution in [3.63, 3.8) is 0 Å². The fourth-order valence-electron chi connectivity index (χ4n) is 4.06. The lowest BCUT2D eigenvalue weighted by Crippen LogP contribution is -2.17. The summed E-state index contributed by atoms with van der Waals surface area (Å²) in [7, 11) is 0. The predicted octanol–water partition coefficient (Wildman–Crippen LogP) is 5.18. The highest BCUT2D eigenvalue weighted by atomic mass is 16.3. The number of hydrogen-bond acceptors (Lipinski definition) is 7. The second-order valence-corrected chi connectivity index (χ2v) is 8.47. The average molecular weight is 476 g/mol. The first-order chi connectivity index (χ1) is 17.7. The molecule has 0 saturated heterocycles. The van der Waals surface area contributed by atoms with E-state index >= 15 is 0 Å². The molecule has 0 bridgehead atoms. The Labute approximate surface area is 209 Å². The molecule has 3 heterocycles. The van der Waals surface area contributed by atoms with Crippen LogP contribution in [0.1, 0.15) is 22.3 Å². The SMILES string of the molecule is N#Cc1cnc2cc(-c3ccc(CNCCO)cn3)ccc2c1Nc1ccc(Cc2ccoc2)cc1. The van der Waals surface area contributed by atoms with Gasteiger partial charge in [0.25, 0.3) is 0 Å². The third kappa shape index (κ3) is 5.26. The van der Waals surface area contributed by atoms with Crippen LogP contribution in [-0.4, -0.2) is 28.2 Å². The third-order valence-corrected chi connectivity index (χ3v) is 5.94. The summed E-state index contributed by atoms with van der Waals surface area (Å²) >= 11 is 0. The summed E-state index contributed by atoms with van der Waals surface area (Å²) in [6, 6.07) is 22.3. The molecule has 7 heteroatoms. The van der Waals surface area contributed by atoms with Crippen molar-refractivity contribution in [1.82, 2.24) is 15.3 Å². The van der Waals surface area contributed by atoms with Gasteiger partial charge in [-0.1, -0.05) is 24.3 Å². The quantitative estimate of drug-likeness (QED) is 0.252. The van der Waals surface area contributed by atoms with E-state index in [1.807, 2.05) is 54.7 Å². The minimum Gasteiger partial charge on any atom is -0.472 e. The van der Waals surface area contributed by atoms with E-state index in [9.17, 15) is 5.26 Å². The molecule has 0 aliphatic carbocycles. The molecule has 36 heavy (non-hydrogen) atoms. The minimum absolute atomic E-state index is 0.108. The van der Waals surface area contributed by atoms with E-state index in [1.54, 1.807) is 18.7 Å². The molecule has 178 valence electrons. The van der Waals surface area contributed by atoms with E-state index in [4.69, 9.17) is 9.52 Å². The molecule has 2 aromatic carbocycles. The number of aromatic nitrogens is 2. The molecule has 5 rings (SSSR count). The van der Waals surface area contributed by atoms with Crippen LogP contribution in [0, 0.1) is 11.3 Å². The van der Waals surface area contributed by atoms with Gasteiger partial charge in [-0.3, -0.25) is 9.97 Å². The maximum atomic E-state index is 9.71. The summed E-state index contributed by atoms with van der Waals surface area (Å²) in [5, 5.41) is 26.1. The van der Waals surface area contributed by atoms with Crippen LogP contribution >= 0.6 is 0 Å². The standard InChI is InChI=1S/C29H25N5O2/c30-15-24-18-33-28-14-23(27-8-3-22(17-32-27)16-31-10-11-35)4-7-26(28)29(24)34-25-5-1-20(2-6-25)13-21-9-12-36-19-21/h1-9,12,14,17-19,31,35H,10-11,13,16H2,(H,33,34). The van der Waals surface area contributed by atoms with Crippen molar-refractivity contribution < 1.29 is 9.52 Å². The van der Waals surface area contributed by atoms with Gasteiger partial charge in [0, 0.05) is 48.5 Å². The van der Waals surface area contributed by atoms with Crippen LogP contribution in [0.3, 0.4) is 0 Å². The summed E-state index contributed by atoms with van der Waals surface area (Å²) in [4.78, 5) is 9.12. The van der Waals surface area contributed by atoms with Crippen LogP contribution in [0.5, 0.6) is 0 Å². The summed E-state index contributed by atoms with van der Waals surface area (Å²) in [5.41, 5.74) is 8.03. The molecular formula is C29H25N5O2. The number of fused-ring (bicyclic) bond motifs is 1. The van der Waals surface area contributed by atoms with Crippen molar-refractivity contribution in [2.75, 3.05) is 18.5 Å². The van der Waals surface area contributed by atoms with Crippen molar-refractivity contribution in [3.05, 3.63) is 108 Å². The summed E-state index contributed by atoms with van der Waals surface area (Å²) in [5.74, 6) is 0. The van der Waals surface area contributed by atoms with Crippen molar-refractivity contribution in [1.29, 1.82) is 5.26 Å². The van der Waals surface area contributed by atoms with Gasteiger partial charge in [-0.25, -0.2) is 0 Å². The van der Waals surface area contributed by atoms with E-state index in [0.717, 1.165) is 51.1 Å². The number of nitriles is 1. The largest absolute Gasteiger partial charge is 0.472 e. The number of nitrogens with one attached hydrogen (secondary N) is 2. The van der Waals surface area contributed by atoms with Crippen LogP contribution in [0.25, 0.3) is 22.2 Å². The van der Waals surface area contributed by atoms with Crippen LogP contribution in [-0.2, 0) is 13.0 Å². The van der Waals surface area contributed by atoms with Crippen molar-refractivity contribution in [3.8, 4) is 17.3 Å². The first kappa shape index (κ1) is 23.2. The lowest BCUT2D eigenvalue weighted by molar-refractivity contribution is 0.292. The molecule has 3 N–H and O–H groups in total. The number of aliphatic hydroxyl groups is 1. The second kappa shape index (κ2) is 10.8. The highest BCUT2D eigenvalue weighted by Crippen LogP contribution is 2.31. The Morgan fingerprint density at radius 1 is 0.917 bits per heavy atom. The van der Waals surface area contributed by atoms with Crippen molar-refractivity contribution in [2.45, 2.75) is 13.0 Å². The molecule has 0 atom stereocenters. The number of anilines is 2. The number of hydrogen-bond donors (Lipinski definition) is 3. The zero-order chi connectivity index (χ0) is 24.7. The zero-order valence-corrected chi connectivity index (χ0v) is 19.6. The van der Waals surface area contributed by atoms with Gasteiger partial charge >= 0.3 is 0 Å². The highest BCUT2D eigenvalue weighted by molar-refractivity contribution is 5.97. The molecule has 0 amide bonds. The van der Waals surface area contributed by atoms with Crippen LogP contribution in [0.4, 0.5) is 11.4 Å². The third-order valence-electron chi connectivity index (χ3n) is 5.94. The fourth-order valence-corrected chi connectivity index (χ4v) is 4.06. The topological polar surface area (TPSA) is 107 Å². The number of furan rings is 1. The second-order valence-electron chi connectivity index (χ2n) is 8.47. The normalized spacial score (nSPS) is 10.9. The maximum Gasteiger partial charge on any atom is 0.103 e. The van der Waals surface area contributed by atoms with E-state index < -0.39 is 0 Å². The lowest BCUT2D eigenvalue weighted by Gasteiger charge is -2.13. The average Bonchev–Trinajstić information content (AvgIpc) is 3.43. The molecule has 3 aromatic heterocycles. The molecule has 7 nitrogen and oxygen atoms in total. The Kier molecular flexibility index (Phi) is 6.99. The van der Waals surface area contributed by atoms with Gasteiger partial charge in [-0.2, -0.15) is 5.26 Å².